The molecule has 0 radical (unpaired) electrons. The van der Waals surface area contributed by atoms with Crippen molar-refractivity contribution < 1.29 is 9.53 Å². The van der Waals surface area contributed by atoms with Crippen molar-refractivity contribution in [3.63, 3.8) is 0 Å². The number of aromatic nitrogens is 2. The van der Waals surface area contributed by atoms with E-state index >= 15 is 0 Å². The van der Waals surface area contributed by atoms with E-state index in [1.165, 1.54) is 0 Å². The second kappa shape index (κ2) is 6.39. The van der Waals surface area contributed by atoms with Crippen molar-refractivity contribution in [3.8, 4) is 5.88 Å². The van der Waals surface area contributed by atoms with Gasteiger partial charge in [0.15, 0.2) is 5.69 Å². The summed E-state index contributed by atoms with van der Waals surface area (Å²) in [7, 11) is 0. The molecule has 8 heteroatoms. The zero-order chi connectivity index (χ0) is 16.4. The number of benzene rings is 1. The van der Waals surface area contributed by atoms with E-state index < -0.39 is 5.91 Å². The Labute approximate surface area is 140 Å². The molecule has 0 saturated carbocycles. The van der Waals surface area contributed by atoms with Crippen molar-refractivity contribution in [2.24, 2.45) is 0 Å². The molecule has 1 aromatic carbocycles. The molecule has 0 fully saturated rings. The largest absolute Gasteiger partial charge is 0.478 e. The van der Waals surface area contributed by atoms with Crippen LogP contribution in [-0.4, -0.2) is 22.5 Å². The van der Waals surface area contributed by atoms with Crippen LogP contribution in [0.2, 0.25) is 5.02 Å². The Bertz CT molecular complexity index is 935. The van der Waals surface area contributed by atoms with E-state index in [9.17, 15) is 9.59 Å². The Balaban J connectivity index is 1.87. The molecule has 0 saturated heterocycles. The first kappa shape index (κ1) is 15.5. The van der Waals surface area contributed by atoms with E-state index in [1.54, 1.807) is 30.3 Å². The molecule has 0 spiro atoms. The normalized spacial score (nSPS) is 10.7. The highest BCUT2D eigenvalue weighted by atomic mass is 35.5. The van der Waals surface area contributed by atoms with Gasteiger partial charge in [-0.2, -0.15) is 0 Å². The van der Waals surface area contributed by atoms with Crippen molar-refractivity contribution in [1.29, 1.82) is 0 Å². The number of hydrogen-bond donors (Lipinski definition) is 2. The van der Waals surface area contributed by atoms with E-state index in [0.29, 0.717) is 18.2 Å². The molecule has 0 bridgehead atoms. The SMILES string of the molecule is CCOc1ccc(Cl)c(C(=O)Nc2ccc3[nH]c(=O)sc3c2)n1. The fourth-order valence-corrected chi connectivity index (χ4v) is 2.99. The predicted octanol–water partition coefficient (Wildman–Crippen LogP) is 3.29. The van der Waals surface area contributed by atoms with Crippen LogP contribution in [0.25, 0.3) is 10.2 Å². The fourth-order valence-electron chi connectivity index (χ4n) is 2.03. The minimum absolute atomic E-state index is 0.0833. The van der Waals surface area contributed by atoms with Gasteiger partial charge in [-0.3, -0.25) is 9.59 Å². The molecule has 0 aliphatic heterocycles. The Kier molecular flexibility index (Phi) is 4.31. The number of aromatic amines is 1. The standard InChI is InChI=1S/C15H12ClN3O3S/c1-2-22-12-6-4-9(16)13(19-12)14(20)17-8-3-5-10-11(7-8)23-15(21)18-10/h3-7H,2H2,1H3,(H,17,20)(H,18,21). The number of nitrogens with one attached hydrogen (secondary N) is 2. The summed E-state index contributed by atoms with van der Waals surface area (Å²) in [5.74, 6) is -0.111. The second-order valence-electron chi connectivity index (χ2n) is 4.59. The molecular weight excluding hydrogens is 338 g/mol. The Morgan fingerprint density at radius 2 is 2.22 bits per heavy atom. The predicted molar refractivity (Wildman–Crippen MR) is 90.8 cm³/mol. The molecule has 2 aromatic heterocycles. The lowest BCUT2D eigenvalue weighted by Crippen LogP contribution is -2.14. The number of amides is 1. The number of pyridine rings is 1. The summed E-state index contributed by atoms with van der Waals surface area (Å²) in [4.78, 5) is 30.3. The Morgan fingerprint density at radius 3 is 3.00 bits per heavy atom. The summed E-state index contributed by atoms with van der Waals surface area (Å²) >= 11 is 7.11. The van der Waals surface area contributed by atoms with Gasteiger partial charge in [0, 0.05) is 11.8 Å². The number of carbonyl (C=O) groups excluding carboxylic acids is 1. The monoisotopic (exact) mass is 349 g/mol. The molecule has 1 amide bonds. The molecule has 6 nitrogen and oxygen atoms in total. The minimum Gasteiger partial charge on any atom is -0.478 e. The number of halogens is 1. The smallest absolute Gasteiger partial charge is 0.305 e. The average molecular weight is 350 g/mol. The molecule has 0 atom stereocenters. The van der Waals surface area contributed by atoms with Crippen LogP contribution >= 0.6 is 22.9 Å². The first-order chi connectivity index (χ1) is 11.1. The molecule has 118 valence electrons. The highest BCUT2D eigenvalue weighted by Crippen LogP contribution is 2.22. The van der Waals surface area contributed by atoms with Crippen molar-refractivity contribution in [2.75, 3.05) is 11.9 Å². The van der Waals surface area contributed by atoms with E-state index in [4.69, 9.17) is 16.3 Å². The lowest BCUT2D eigenvalue weighted by Gasteiger charge is -2.08. The van der Waals surface area contributed by atoms with Gasteiger partial charge < -0.3 is 15.0 Å². The van der Waals surface area contributed by atoms with Crippen molar-refractivity contribution in [2.45, 2.75) is 6.92 Å². The van der Waals surface area contributed by atoms with Crippen molar-refractivity contribution in [1.82, 2.24) is 9.97 Å². The molecule has 0 aliphatic carbocycles. The van der Waals surface area contributed by atoms with Gasteiger partial charge in [0.2, 0.25) is 5.88 Å². The summed E-state index contributed by atoms with van der Waals surface area (Å²) in [6.45, 7) is 2.27. The summed E-state index contributed by atoms with van der Waals surface area (Å²) < 4.78 is 6.03. The lowest BCUT2D eigenvalue weighted by atomic mass is 10.2. The topological polar surface area (TPSA) is 84.1 Å². The van der Waals surface area contributed by atoms with E-state index in [-0.39, 0.29) is 15.6 Å². The van der Waals surface area contributed by atoms with Gasteiger partial charge in [-0.15, -0.1) is 0 Å². The van der Waals surface area contributed by atoms with E-state index in [0.717, 1.165) is 21.6 Å². The molecule has 0 aliphatic rings. The lowest BCUT2D eigenvalue weighted by molar-refractivity contribution is 0.102. The van der Waals surface area contributed by atoms with Gasteiger partial charge >= 0.3 is 4.87 Å². The van der Waals surface area contributed by atoms with Crippen LogP contribution in [0, 0.1) is 0 Å². The molecule has 2 heterocycles. The van der Waals surface area contributed by atoms with Gasteiger partial charge in [0.1, 0.15) is 0 Å². The van der Waals surface area contributed by atoms with Gasteiger partial charge in [-0.05, 0) is 31.2 Å². The highest BCUT2D eigenvalue weighted by Gasteiger charge is 2.14. The fraction of sp³-hybridized carbons (Fsp3) is 0.133. The number of thiazole rings is 1. The first-order valence-corrected chi connectivity index (χ1v) is 8.00. The number of hydrogen-bond acceptors (Lipinski definition) is 5. The summed E-state index contributed by atoms with van der Waals surface area (Å²) in [6, 6.07) is 8.31. The van der Waals surface area contributed by atoms with Crippen molar-refractivity contribution in [3.05, 3.63) is 50.7 Å². The number of carbonyl (C=O) groups is 1. The van der Waals surface area contributed by atoms with Crippen molar-refractivity contribution >= 4 is 44.7 Å². The van der Waals surface area contributed by atoms with Crippen LogP contribution in [0.3, 0.4) is 0 Å². The summed E-state index contributed by atoms with van der Waals surface area (Å²) in [5.41, 5.74) is 1.37. The van der Waals surface area contributed by atoms with Crippen LogP contribution < -0.4 is 14.9 Å². The van der Waals surface area contributed by atoms with Gasteiger partial charge in [-0.25, -0.2) is 4.98 Å². The summed E-state index contributed by atoms with van der Waals surface area (Å²) in [5, 5.41) is 2.95. The maximum atomic E-state index is 12.4. The van der Waals surface area contributed by atoms with E-state index in [2.05, 4.69) is 15.3 Å². The van der Waals surface area contributed by atoms with E-state index in [1.807, 2.05) is 6.92 Å². The van der Waals surface area contributed by atoms with Crippen LogP contribution in [0.15, 0.2) is 35.1 Å². The maximum Gasteiger partial charge on any atom is 0.305 e. The molecule has 2 N–H and O–H groups in total. The summed E-state index contributed by atoms with van der Waals surface area (Å²) in [6.07, 6.45) is 0. The molecule has 3 aromatic rings. The Hall–Kier alpha value is -2.38. The third kappa shape index (κ3) is 3.35. The number of anilines is 1. The molecule has 3 rings (SSSR count). The zero-order valence-electron chi connectivity index (χ0n) is 12.1. The van der Waals surface area contributed by atoms with Crippen LogP contribution in [0.5, 0.6) is 5.88 Å². The maximum absolute atomic E-state index is 12.4. The third-order valence-electron chi connectivity index (χ3n) is 3.01. The third-order valence-corrected chi connectivity index (χ3v) is 4.16. The number of rotatable bonds is 4. The number of H-pyrrole nitrogens is 1. The first-order valence-electron chi connectivity index (χ1n) is 6.80. The Morgan fingerprint density at radius 1 is 1.39 bits per heavy atom. The number of nitrogens with zero attached hydrogens (tertiary/aromatic N) is 1. The van der Waals surface area contributed by atoms with Crippen LogP contribution in [0.1, 0.15) is 17.4 Å². The average Bonchev–Trinajstić information content (AvgIpc) is 2.88. The van der Waals surface area contributed by atoms with Crippen LogP contribution in [0.4, 0.5) is 5.69 Å². The number of ether oxygens (including phenoxy) is 1. The number of fused-ring (bicyclic) bond motifs is 1. The molecule has 0 unspecified atom stereocenters. The van der Waals surface area contributed by atoms with Gasteiger partial charge in [-0.1, -0.05) is 22.9 Å². The minimum atomic E-state index is -0.446. The highest BCUT2D eigenvalue weighted by molar-refractivity contribution is 7.16. The van der Waals surface area contributed by atoms with Gasteiger partial charge in [0.05, 0.1) is 21.8 Å². The second-order valence-corrected chi connectivity index (χ2v) is 6.01. The molecular formula is C15H12ClN3O3S. The zero-order valence-corrected chi connectivity index (χ0v) is 13.6. The van der Waals surface area contributed by atoms with Gasteiger partial charge in [0.25, 0.3) is 5.91 Å². The van der Waals surface area contributed by atoms with Crippen LogP contribution in [-0.2, 0) is 0 Å². The quantitative estimate of drug-likeness (QED) is 0.757. The molecule has 23 heavy (non-hydrogen) atoms.